The van der Waals surface area contributed by atoms with Crippen LogP contribution in [0.1, 0.15) is 61.8 Å². The molecule has 0 saturated heterocycles. The van der Waals surface area contributed by atoms with Gasteiger partial charge in [-0.25, -0.2) is 0 Å². The zero-order valence-corrected chi connectivity index (χ0v) is 30.4. The Labute approximate surface area is 301 Å². The van der Waals surface area contributed by atoms with E-state index in [-0.39, 0.29) is 0 Å². The van der Waals surface area contributed by atoms with Crippen LogP contribution in [0.25, 0.3) is 0 Å². The second-order valence-corrected chi connectivity index (χ2v) is 12.1. The van der Waals surface area contributed by atoms with Gasteiger partial charge >= 0.3 is 0 Å². The standard InChI is InChI=1S/C42H58N8/c1-3-43-23-11-29-49(30-12-24-44-4-2)33-27-47-37-41-19-21-42(22-20-41)38-48-28-34-50(31-13-25-45-35-39-15-7-5-8-16-39)32-14-26-46-36-40-17-9-6-10-18-40/h3-10,15-22,35-38H,11-14,23-34H2,1-2H3. The second-order valence-electron chi connectivity index (χ2n) is 12.1. The maximum atomic E-state index is 4.76. The van der Waals surface area contributed by atoms with Crippen molar-refractivity contribution in [3.63, 3.8) is 0 Å². The summed E-state index contributed by atoms with van der Waals surface area (Å²) in [4.78, 5) is 32.4. The number of hydrogen-bond donors (Lipinski definition) is 0. The minimum absolute atomic E-state index is 0.760. The molecule has 0 fully saturated rings. The molecule has 0 bridgehead atoms. The normalized spacial score (nSPS) is 12.6. The smallest absolute Gasteiger partial charge is 0.0517 e. The van der Waals surface area contributed by atoms with Crippen LogP contribution in [0.3, 0.4) is 0 Å². The molecule has 0 aliphatic heterocycles. The third-order valence-corrected chi connectivity index (χ3v) is 8.00. The first-order valence-corrected chi connectivity index (χ1v) is 18.3. The van der Waals surface area contributed by atoms with E-state index in [4.69, 9.17) is 9.98 Å². The number of nitrogens with zero attached hydrogens (tertiary/aromatic N) is 8. The largest absolute Gasteiger partial charge is 0.301 e. The van der Waals surface area contributed by atoms with Crippen LogP contribution in [0.5, 0.6) is 0 Å². The van der Waals surface area contributed by atoms with Gasteiger partial charge in [0.05, 0.1) is 13.1 Å². The number of rotatable bonds is 26. The highest BCUT2D eigenvalue weighted by Crippen LogP contribution is 2.03. The molecular weight excluding hydrogens is 617 g/mol. The Bertz CT molecular complexity index is 1360. The third-order valence-electron chi connectivity index (χ3n) is 8.00. The summed E-state index contributed by atoms with van der Waals surface area (Å²) < 4.78 is 0. The number of benzene rings is 3. The van der Waals surface area contributed by atoms with Crippen LogP contribution < -0.4 is 0 Å². The van der Waals surface area contributed by atoms with Crippen molar-refractivity contribution in [1.82, 2.24) is 9.80 Å². The lowest BCUT2D eigenvalue weighted by Gasteiger charge is -2.20. The quantitative estimate of drug-likeness (QED) is 0.0672. The Hall–Kier alpha value is -4.40. The first kappa shape index (κ1) is 40.0. The van der Waals surface area contributed by atoms with E-state index < -0.39 is 0 Å². The molecule has 50 heavy (non-hydrogen) atoms. The third kappa shape index (κ3) is 19.6. The molecule has 0 atom stereocenters. The minimum Gasteiger partial charge on any atom is -0.301 e. The Balaban J connectivity index is 1.42. The van der Waals surface area contributed by atoms with E-state index in [1.54, 1.807) is 0 Å². The monoisotopic (exact) mass is 674 g/mol. The molecule has 0 aliphatic rings. The minimum atomic E-state index is 0.760. The van der Waals surface area contributed by atoms with Gasteiger partial charge in [-0.3, -0.25) is 30.0 Å². The average Bonchev–Trinajstić information content (AvgIpc) is 3.15. The summed E-state index contributed by atoms with van der Waals surface area (Å²) in [5.74, 6) is 0. The molecule has 0 aromatic heterocycles. The molecule has 0 aliphatic carbocycles. The van der Waals surface area contributed by atoms with Gasteiger partial charge in [-0.15, -0.1) is 0 Å². The van der Waals surface area contributed by atoms with E-state index in [1.807, 2.05) is 87.5 Å². The molecule has 266 valence electrons. The molecule has 8 heteroatoms. The van der Waals surface area contributed by atoms with Gasteiger partial charge < -0.3 is 9.80 Å². The van der Waals surface area contributed by atoms with E-state index in [0.717, 1.165) is 126 Å². The Morgan fingerprint density at radius 3 is 1.00 bits per heavy atom. The highest BCUT2D eigenvalue weighted by molar-refractivity contribution is 5.84. The highest BCUT2D eigenvalue weighted by Gasteiger charge is 2.05. The van der Waals surface area contributed by atoms with Crippen molar-refractivity contribution in [1.29, 1.82) is 0 Å². The predicted octanol–water partition coefficient (Wildman–Crippen LogP) is 7.11. The van der Waals surface area contributed by atoms with Crippen molar-refractivity contribution in [2.45, 2.75) is 39.5 Å². The van der Waals surface area contributed by atoms with Crippen molar-refractivity contribution < 1.29 is 0 Å². The van der Waals surface area contributed by atoms with Crippen LogP contribution in [-0.2, 0) is 0 Å². The van der Waals surface area contributed by atoms with Crippen LogP contribution >= 0.6 is 0 Å². The molecule has 3 rings (SSSR count). The molecule has 0 heterocycles. The molecule has 0 unspecified atom stereocenters. The van der Waals surface area contributed by atoms with E-state index in [9.17, 15) is 0 Å². The van der Waals surface area contributed by atoms with Gasteiger partial charge in [0.1, 0.15) is 0 Å². The molecule has 8 nitrogen and oxygen atoms in total. The maximum Gasteiger partial charge on any atom is 0.0517 e. The second kappa shape index (κ2) is 27.4. The fourth-order valence-corrected chi connectivity index (χ4v) is 5.30. The van der Waals surface area contributed by atoms with E-state index >= 15 is 0 Å². The van der Waals surface area contributed by atoms with E-state index in [0.29, 0.717) is 0 Å². The van der Waals surface area contributed by atoms with E-state index in [2.05, 4.69) is 78.3 Å². The molecule has 0 amide bonds. The molecular formula is C42H58N8. The summed E-state index contributed by atoms with van der Waals surface area (Å²) in [6, 6.07) is 29.0. The maximum absolute atomic E-state index is 4.76. The summed E-state index contributed by atoms with van der Waals surface area (Å²) in [7, 11) is 0. The average molecular weight is 675 g/mol. The van der Waals surface area contributed by atoms with Crippen molar-refractivity contribution in [2.75, 3.05) is 78.5 Å². The predicted molar refractivity (Wildman–Crippen MR) is 219 cm³/mol. The van der Waals surface area contributed by atoms with Gasteiger partial charge in [0.25, 0.3) is 0 Å². The summed E-state index contributed by atoms with van der Waals surface area (Å²) in [5.41, 5.74) is 4.51. The Kier molecular flexibility index (Phi) is 22.0. The fourth-order valence-electron chi connectivity index (χ4n) is 5.30. The van der Waals surface area contributed by atoms with Crippen LogP contribution in [0.2, 0.25) is 0 Å². The van der Waals surface area contributed by atoms with Crippen molar-refractivity contribution in [2.24, 2.45) is 30.0 Å². The molecule has 3 aromatic carbocycles. The summed E-state index contributed by atoms with van der Waals surface area (Å²) in [5, 5.41) is 0. The first-order valence-electron chi connectivity index (χ1n) is 18.3. The SMILES string of the molecule is CC=NCCCN(CCCN=CC)CCN=Cc1ccc(C=NCCN(CCCN=Cc2ccccc2)CCCN=Cc2ccccc2)cc1. The Morgan fingerprint density at radius 2 is 0.660 bits per heavy atom. The van der Waals surface area contributed by atoms with Crippen molar-refractivity contribution >= 4 is 37.3 Å². The first-order chi connectivity index (χ1) is 24.8. The van der Waals surface area contributed by atoms with Gasteiger partial charge in [-0.1, -0.05) is 84.9 Å². The van der Waals surface area contributed by atoms with Crippen LogP contribution in [0, 0.1) is 0 Å². The zero-order chi connectivity index (χ0) is 35.2. The van der Waals surface area contributed by atoms with Gasteiger partial charge in [0.15, 0.2) is 0 Å². The van der Waals surface area contributed by atoms with Crippen LogP contribution in [0.15, 0.2) is 115 Å². The summed E-state index contributed by atoms with van der Waals surface area (Å²) in [6.07, 6.45) is 15.8. The van der Waals surface area contributed by atoms with Gasteiger partial charge in [-0.05, 0) is 100 Å². The molecule has 0 N–H and O–H groups in total. The topological polar surface area (TPSA) is 80.6 Å². The van der Waals surface area contributed by atoms with Crippen LogP contribution in [0.4, 0.5) is 0 Å². The number of hydrogen-bond acceptors (Lipinski definition) is 8. The summed E-state index contributed by atoms with van der Waals surface area (Å²) in [6.45, 7) is 14.8. The van der Waals surface area contributed by atoms with Crippen LogP contribution in [-0.4, -0.2) is 126 Å². The molecule has 0 radical (unpaired) electrons. The van der Waals surface area contributed by atoms with Crippen molar-refractivity contribution in [3.8, 4) is 0 Å². The van der Waals surface area contributed by atoms with Gasteiger partial charge in [0.2, 0.25) is 0 Å². The fraction of sp³-hybridized carbons (Fsp3) is 0.429. The number of aliphatic imine (C=N–C) groups is 6. The lowest BCUT2D eigenvalue weighted by Crippen LogP contribution is -2.29. The highest BCUT2D eigenvalue weighted by atomic mass is 15.1. The molecule has 0 saturated carbocycles. The summed E-state index contributed by atoms with van der Waals surface area (Å²) >= 11 is 0. The Morgan fingerprint density at radius 1 is 0.360 bits per heavy atom. The van der Waals surface area contributed by atoms with Crippen molar-refractivity contribution in [3.05, 3.63) is 107 Å². The van der Waals surface area contributed by atoms with E-state index in [1.165, 1.54) is 0 Å². The van der Waals surface area contributed by atoms with Gasteiger partial charge in [0, 0.05) is 64.1 Å². The lowest BCUT2D eigenvalue weighted by molar-refractivity contribution is 0.278. The molecule has 3 aromatic rings. The lowest BCUT2D eigenvalue weighted by atomic mass is 10.1. The molecule has 0 spiro atoms. The zero-order valence-electron chi connectivity index (χ0n) is 30.4. The van der Waals surface area contributed by atoms with Gasteiger partial charge in [-0.2, -0.15) is 0 Å².